The van der Waals surface area contributed by atoms with Crippen molar-refractivity contribution in [1.82, 2.24) is 10.6 Å². The summed E-state index contributed by atoms with van der Waals surface area (Å²) in [6.07, 6.45) is 0.244. The van der Waals surface area contributed by atoms with Crippen LogP contribution in [0.4, 0.5) is 0 Å². The number of carbonyl (C=O) groups excluding carboxylic acids is 2. The number of nitrogens with one attached hydrogen (secondary N) is 2. The van der Waals surface area contributed by atoms with Crippen molar-refractivity contribution in [3.8, 4) is 11.5 Å². The summed E-state index contributed by atoms with van der Waals surface area (Å²) < 4.78 is 10.5. The van der Waals surface area contributed by atoms with Crippen LogP contribution in [-0.2, 0) is 11.2 Å². The predicted octanol–water partition coefficient (Wildman–Crippen LogP) is 3.49. The van der Waals surface area contributed by atoms with Gasteiger partial charge in [-0.15, -0.1) is 0 Å². The predicted molar refractivity (Wildman–Crippen MR) is 110 cm³/mol. The van der Waals surface area contributed by atoms with Crippen molar-refractivity contribution in [2.24, 2.45) is 0 Å². The van der Waals surface area contributed by atoms with Crippen molar-refractivity contribution in [2.75, 3.05) is 26.8 Å². The maximum Gasteiger partial charge on any atom is 0.256 e. The maximum absolute atomic E-state index is 12.4. The molecule has 0 radical (unpaired) electrons. The lowest BCUT2D eigenvalue weighted by Crippen LogP contribution is -2.35. The number of halogens is 2. The molecule has 2 aromatic carbocycles. The van der Waals surface area contributed by atoms with E-state index in [0.717, 1.165) is 11.3 Å². The van der Waals surface area contributed by atoms with Crippen LogP contribution in [0, 0.1) is 0 Å². The molecule has 0 aromatic heterocycles. The van der Waals surface area contributed by atoms with E-state index in [2.05, 4.69) is 10.6 Å². The van der Waals surface area contributed by atoms with E-state index in [-0.39, 0.29) is 41.8 Å². The second kappa shape index (κ2) is 10.8. The zero-order valence-electron chi connectivity index (χ0n) is 15.7. The van der Waals surface area contributed by atoms with E-state index in [9.17, 15) is 9.59 Å². The summed E-state index contributed by atoms with van der Waals surface area (Å²) in [5.41, 5.74) is 1.04. The molecule has 2 rings (SSSR count). The Labute approximate surface area is 174 Å². The fraction of sp³-hybridized carbons (Fsp3) is 0.300. The van der Waals surface area contributed by atoms with Gasteiger partial charge in [0.15, 0.2) is 5.75 Å². The van der Waals surface area contributed by atoms with E-state index >= 15 is 0 Å². The second-order valence-corrected chi connectivity index (χ2v) is 6.61. The topological polar surface area (TPSA) is 76.7 Å². The molecule has 0 aliphatic rings. The van der Waals surface area contributed by atoms with E-state index in [0.29, 0.717) is 11.6 Å². The third-order valence-corrected chi connectivity index (χ3v) is 4.43. The average Bonchev–Trinajstić information content (AvgIpc) is 2.68. The van der Waals surface area contributed by atoms with Crippen LogP contribution < -0.4 is 20.1 Å². The minimum atomic E-state index is -0.426. The van der Waals surface area contributed by atoms with Gasteiger partial charge in [-0.1, -0.05) is 35.3 Å². The third-order valence-electron chi connectivity index (χ3n) is 3.82. The molecule has 6 nitrogen and oxygen atoms in total. The normalized spacial score (nSPS) is 10.3. The third kappa shape index (κ3) is 6.04. The zero-order valence-corrected chi connectivity index (χ0v) is 17.2. The molecule has 150 valence electrons. The van der Waals surface area contributed by atoms with Crippen LogP contribution in [0.1, 0.15) is 22.8 Å². The molecule has 0 saturated carbocycles. The van der Waals surface area contributed by atoms with Crippen molar-refractivity contribution < 1.29 is 19.1 Å². The van der Waals surface area contributed by atoms with Gasteiger partial charge < -0.3 is 20.1 Å². The van der Waals surface area contributed by atoms with Gasteiger partial charge in [0, 0.05) is 13.1 Å². The Morgan fingerprint density at radius 3 is 2.25 bits per heavy atom. The van der Waals surface area contributed by atoms with Gasteiger partial charge in [0.05, 0.1) is 30.2 Å². The summed E-state index contributed by atoms with van der Waals surface area (Å²) in [4.78, 5) is 24.4. The first-order chi connectivity index (χ1) is 13.5. The summed E-state index contributed by atoms with van der Waals surface area (Å²) in [5.74, 6) is 0.414. The van der Waals surface area contributed by atoms with Crippen molar-refractivity contribution in [2.45, 2.75) is 13.3 Å². The van der Waals surface area contributed by atoms with Crippen molar-refractivity contribution in [3.63, 3.8) is 0 Å². The number of amides is 2. The SMILES string of the molecule is CCOc1ccc(CC(=O)NCCNC(=O)c2c(Cl)ccc(Cl)c2OC)cc1. The largest absolute Gasteiger partial charge is 0.494 e. The number of carbonyl (C=O) groups is 2. The number of ether oxygens (including phenoxy) is 2. The smallest absolute Gasteiger partial charge is 0.256 e. The van der Waals surface area contributed by atoms with E-state index in [4.69, 9.17) is 32.7 Å². The molecule has 0 aliphatic carbocycles. The highest BCUT2D eigenvalue weighted by Crippen LogP contribution is 2.33. The highest BCUT2D eigenvalue weighted by Gasteiger charge is 2.19. The van der Waals surface area contributed by atoms with Crippen LogP contribution in [0.15, 0.2) is 36.4 Å². The molecule has 0 bridgehead atoms. The summed E-state index contributed by atoms with van der Waals surface area (Å²) in [5, 5.41) is 5.97. The van der Waals surface area contributed by atoms with E-state index < -0.39 is 5.91 Å². The van der Waals surface area contributed by atoms with Gasteiger partial charge in [-0.25, -0.2) is 0 Å². The van der Waals surface area contributed by atoms with Gasteiger partial charge in [-0.05, 0) is 36.8 Å². The zero-order chi connectivity index (χ0) is 20.5. The molecule has 0 spiro atoms. The van der Waals surface area contributed by atoms with Gasteiger partial charge in [0.25, 0.3) is 5.91 Å². The first kappa shape index (κ1) is 21.9. The molecule has 2 amide bonds. The number of methoxy groups -OCH3 is 1. The van der Waals surface area contributed by atoms with Crippen molar-refractivity contribution in [3.05, 3.63) is 57.6 Å². The summed E-state index contributed by atoms with van der Waals surface area (Å²) in [6.45, 7) is 3.02. The highest BCUT2D eigenvalue weighted by molar-refractivity contribution is 6.37. The van der Waals surface area contributed by atoms with Crippen molar-refractivity contribution >= 4 is 35.0 Å². The number of rotatable bonds is 9. The number of hydrogen-bond acceptors (Lipinski definition) is 4. The number of benzene rings is 2. The van der Waals surface area contributed by atoms with Crippen LogP contribution in [0.25, 0.3) is 0 Å². The van der Waals surface area contributed by atoms with Gasteiger partial charge in [0.2, 0.25) is 5.91 Å². The van der Waals surface area contributed by atoms with E-state index in [1.165, 1.54) is 13.2 Å². The van der Waals surface area contributed by atoms with Gasteiger partial charge >= 0.3 is 0 Å². The fourth-order valence-corrected chi connectivity index (χ4v) is 3.00. The Balaban J connectivity index is 1.80. The molecular formula is C20H22Cl2N2O4. The molecule has 0 heterocycles. The van der Waals surface area contributed by atoms with Crippen LogP contribution in [0.5, 0.6) is 11.5 Å². The molecular weight excluding hydrogens is 403 g/mol. The monoisotopic (exact) mass is 424 g/mol. The molecule has 28 heavy (non-hydrogen) atoms. The van der Waals surface area contributed by atoms with Crippen LogP contribution >= 0.6 is 23.2 Å². The van der Waals surface area contributed by atoms with Crippen LogP contribution in [0.3, 0.4) is 0 Å². The fourth-order valence-electron chi connectivity index (χ4n) is 2.53. The van der Waals surface area contributed by atoms with Gasteiger partial charge in [-0.2, -0.15) is 0 Å². The maximum atomic E-state index is 12.4. The molecule has 0 atom stereocenters. The Morgan fingerprint density at radius 2 is 1.61 bits per heavy atom. The van der Waals surface area contributed by atoms with Crippen LogP contribution in [0.2, 0.25) is 10.0 Å². The minimum absolute atomic E-state index is 0.142. The van der Waals surface area contributed by atoms with Gasteiger partial charge in [0.1, 0.15) is 11.3 Å². The van der Waals surface area contributed by atoms with E-state index in [1.807, 2.05) is 31.2 Å². The Bertz CT molecular complexity index is 826. The summed E-state index contributed by atoms with van der Waals surface area (Å²) in [7, 11) is 1.41. The quantitative estimate of drug-likeness (QED) is 0.604. The molecule has 0 aliphatic heterocycles. The van der Waals surface area contributed by atoms with Crippen molar-refractivity contribution in [1.29, 1.82) is 0 Å². The molecule has 0 unspecified atom stereocenters. The first-order valence-electron chi connectivity index (χ1n) is 8.74. The molecule has 8 heteroatoms. The summed E-state index contributed by atoms with van der Waals surface area (Å²) >= 11 is 12.1. The molecule has 0 fully saturated rings. The molecule has 2 N–H and O–H groups in total. The summed E-state index contributed by atoms with van der Waals surface area (Å²) in [6, 6.07) is 10.4. The first-order valence-corrected chi connectivity index (χ1v) is 9.50. The average molecular weight is 425 g/mol. The Hall–Kier alpha value is -2.44. The van der Waals surface area contributed by atoms with Gasteiger partial charge in [-0.3, -0.25) is 9.59 Å². The second-order valence-electron chi connectivity index (χ2n) is 5.80. The molecule has 2 aromatic rings. The standard InChI is InChI=1S/C20H22Cl2N2O4/c1-3-28-14-6-4-13(5-7-14)12-17(25)23-10-11-24-20(26)18-15(21)8-9-16(22)19(18)27-2/h4-9H,3,10-12H2,1-2H3,(H,23,25)(H,24,26). The van der Waals surface area contributed by atoms with E-state index in [1.54, 1.807) is 6.07 Å². The minimum Gasteiger partial charge on any atom is -0.494 e. The lowest BCUT2D eigenvalue weighted by atomic mass is 10.1. The Kier molecular flexibility index (Phi) is 8.42. The lowest BCUT2D eigenvalue weighted by Gasteiger charge is -2.12. The molecule has 0 saturated heterocycles. The van der Waals surface area contributed by atoms with Crippen LogP contribution in [-0.4, -0.2) is 38.6 Å². The Morgan fingerprint density at radius 1 is 0.964 bits per heavy atom. The number of hydrogen-bond donors (Lipinski definition) is 2. The highest BCUT2D eigenvalue weighted by atomic mass is 35.5. The lowest BCUT2D eigenvalue weighted by molar-refractivity contribution is -0.120.